The number of rotatable bonds is 4. The lowest BCUT2D eigenvalue weighted by Crippen LogP contribution is -2.08. The van der Waals surface area contributed by atoms with E-state index in [-0.39, 0.29) is 0 Å². The van der Waals surface area contributed by atoms with Crippen molar-refractivity contribution in [3.8, 4) is 11.4 Å². The molecule has 0 unspecified atom stereocenters. The summed E-state index contributed by atoms with van der Waals surface area (Å²) in [6.45, 7) is 2.08. The van der Waals surface area contributed by atoms with Crippen molar-refractivity contribution < 1.29 is 0 Å². The SMILES string of the molecule is Cc1ccc(-c2nccn2/N=C/c2ccc(N(C)C)cc2)cc1. The van der Waals surface area contributed by atoms with Crippen LogP contribution in [0.5, 0.6) is 0 Å². The zero-order chi connectivity index (χ0) is 16.2. The van der Waals surface area contributed by atoms with Crippen LogP contribution in [0.1, 0.15) is 11.1 Å². The molecule has 0 spiro atoms. The van der Waals surface area contributed by atoms with E-state index in [2.05, 4.69) is 70.4 Å². The van der Waals surface area contributed by atoms with Crippen LogP contribution >= 0.6 is 0 Å². The van der Waals surface area contributed by atoms with Crippen molar-refractivity contribution in [3.63, 3.8) is 0 Å². The Balaban J connectivity index is 1.83. The molecular weight excluding hydrogens is 284 g/mol. The average Bonchev–Trinajstić information content (AvgIpc) is 3.02. The van der Waals surface area contributed by atoms with E-state index in [0.29, 0.717) is 0 Å². The van der Waals surface area contributed by atoms with Gasteiger partial charge in [-0.1, -0.05) is 42.0 Å². The Morgan fingerprint density at radius 3 is 2.35 bits per heavy atom. The monoisotopic (exact) mass is 304 g/mol. The zero-order valence-electron chi connectivity index (χ0n) is 13.6. The fourth-order valence-corrected chi connectivity index (χ4v) is 2.29. The smallest absolute Gasteiger partial charge is 0.160 e. The van der Waals surface area contributed by atoms with Gasteiger partial charge in [0.05, 0.1) is 6.21 Å². The number of nitrogens with zero attached hydrogens (tertiary/aromatic N) is 4. The standard InChI is InChI=1S/C19H20N4/c1-15-4-8-17(9-5-15)19-20-12-13-23(19)21-14-16-6-10-18(11-7-16)22(2)3/h4-14H,1-3H3/b21-14+. The number of aryl methyl sites for hydroxylation is 1. The number of aromatic nitrogens is 2. The molecule has 3 rings (SSSR count). The average molecular weight is 304 g/mol. The maximum Gasteiger partial charge on any atom is 0.160 e. The van der Waals surface area contributed by atoms with E-state index in [4.69, 9.17) is 0 Å². The van der Waals surface area contributed by atoms with Gasteiger partial charge in [0.1, 0.15) is 0 Å². The largest absolute Gasteiger partial charge is 0.378 e. The Morgan fingerprint density at radius 1 is 1.00 bits per heavy atom. The summed E-state index contributed by atoms with van der Waals surface area (Å²) < 4.78 is 1.80. The first kappa shape index (κ1) is 15.0. The van der Waals surface area contributed by atoms with Crippen molar-refractivity contribution in [1.82, 2.24) is 9.66 Å². The molecule has 0 aliphatic carbocycles. The van der Waals surface area contributed by atoms with E-state index in [9.17, 15) is 0 Å². The highest BCUT2D eigenvalue weighted by atomic mass is 15.4. The summed E-state index contributed by atoms with van der Waals surface area (Å²) in [5.41, 5.74) is 4.52. The molecule has 0 saturated carbocycles. The van der Waals surface area contributed by atoms with Gasteiger partial charge in [-0.3, -0.25) is 0 Å². The summed E-state index contributed by atoms with van der Waals surface area (Å²) in [7, 11) is 4.06. The van der Waals surface area contributed by atoms with E-state index in [1.807, 2.05) is 26.5 Å². The molecule has 0 atom stereocenters. The van der Waals surface area contributed by atoms with Crippen LogP contribution < -0.4 is 4.90 Å². The van der Waals surface area contributed by atoms with Gasteiger partial charge >= 0.3 is 0 Å². The van der Waals surface area contributed by atoms with Crippen molar-refractivity contribution in [3.05, 3.63) is 72.1 Å². The molecule has 0 saturated heterocycles. The van der Waals surface area contributed by atoms with Crippen molar-refractivity contribution in [2.75, 3.05) is 19.0 Å². The predicted molar refractivity (Wildman–Crippen MR) is 96.2 cm³/mol. The maximum atomic E-state index is 4.53. The first-order chi connectivity index (χ1) is 11.1. The molecule has 1 heterocycles. The summed E-state index contributed by atoms with van der Waals surface area (Å²) in [4.78, 5) is 6.48. The lowest BCUT2D eigenvalue weighted by Gasteiger charge is -2.11. The molecule has 0 fully saturated rings. The van der Waals surface area contributed by atoms with Crippen LogP contribution in [0.3, 0.4) is 0 Å². The Bertz CT molecular complexity index is 796. The second kappa shape index (κ2) is 6.48. The third-order valence-corrected chi connectivity index (χ3v) is 3.67. The first-order valence-corrected chi connectivity index (χ1v) is 7.55. The summed E-state index contributed by atoms with van der Waals surface area (Å²) in [6.07, 6.45) is 5.47. The Morgan fingerprint density at radius 2 is 1.70 bits per heavy atom. The van der Waals surface area contributed by atoms with Crippen molar-refractivity contribution in [1.29, 1.82) is 0 Å². The molecule has 0 amide bonds. The van der Waals surface area contributed by atoms with E-state index in [0.717, 1.165) is 17.0 Å². The molecule has 0 aliphatic rings. The summed E-state index contributed by atoms with van der Waals surface area (Å²) >= 11 is 0. The van der Waals surface area contributed by atoms with Crippen molar-refractivity contribution in [2.24, 2.45) is 5.10 Å². The van der Waals surface area contributed by atoms with Crippen LogP contribution in [0.25, 0.3) is 11.4 Å². The van der Waals surface area contributed by atoms with Gasteiger partial charge in [0.2, 0.25) is 0 Å². The quantitative estimate of drug-likeness (QED) is 0.687. The number of hydrogen-bond donors (Lipinski definition) is 0. The summed E-state index contributed by atoms with van der Waals surface area (Å²) in [5, 5.41) is 4.53. The number of anilines is 1. The minimum Gasteiger partial charge on any atom is -0.378 e. The zero-order valence-corrected chi connectivity index (χ0v) is 13.6. The van der Waals surface area contributed by atoms with Crippen LogP contribution in [0.4, 0.5) is 5.69 Å². The second-order valence-electron chi connectivity index (χ2n) is 5.69. The fourth-order valence-electron chi connectivity index (χ4n) is 2.29. The van der Waals surface area contributed by atoms with E-state index >= 15 is 0 Å². The maximum absolute atomic E-state index is 4.53. The van der Waals surface area contributed by atoms with E-state index in [1.54, 1.807) is 10.9 Å². The highest BCUT2D eigenvalue weighted by Crippen LogP contribution is 2.18. The second-order valence-corrected chi connectivity index (χ2v) is 5.69. The molecule has 4 nitrogen and oxygen atoms in total. The van der Waals surface area contributed by atoms with Gasteiger partial charge in [0.25, 0.3) is 0 Å². The highest BCUT2D eigenvalue weighted by molar-refractivity contribution is 5.80. The van der Waals surface area contributed by atoms with Crippen molar-refractivity contribution >= 4 is 11.9 Å². The summed E-state index contributed by atoms with van der Waals surface area (Å²) in [5.74, 6) is 0.839. The lowest BCUT2D eigenvalue weighted by atomic mass is 10.1. The Hall–Kier alpha value is -2.88. The number of benzene rings is 2. The van der Waals surface area contributed by atoms with Crippen molar-refractivity contribution in [2.45, 2.75) is 6.92 Å². The van der Waals surface area contributed by atoms with Gasteiger partial charge in [0, 0.05) is 37.7 Å². The fraction of sp³-hybridized carbons (Fsp3) is 0.158. The van der Waals surface area contributed by atoms with Gasteiger partial charge in [-0.2, -0.15) is 5.10 Å². The van der Waals surface area contributed by atoms with Gasteiger partial charge in [-0.25, -0.2) is 9.66 Å². The molecule has 2 aromatic carbocycles. The molecule has 3 aromatic rings. The molecule has 116 valence electrons. The van der Waals surface area contributed by atoms with Gasteiger partial charge in [0.15, 0.2) is 5.82 Å². The van der Waals surface area contributed by atoms with Crippen LogP contribution in [0, 0.1) is 6.92 Å². The topological polar surface area (TPSA) is 33.4 Å². The van der Waals surface area contributed by atoms with E-state index < -0.39 is 0 Å². The Kier molecular flexibility index (Phi) is 4.24. The molecule has 0 aliphatic heterocycles. The normalized spacial score (nSPS) is 11.1. The molecule has 0 radical (unpaired) electrons. The molecule has 1 aromatic heterocycles. The van der Waals surface area contributed by atoms with E-state index in [1.165, 1.54) is 11.3 Å². The molecule has 0 bridgehead atoms. The van der Waals surface area contributed by atoms with Crippen LogP contribution in [-0.4, -0.2) is 30.0 Å². The summed E-state index contributed by atoms with van der Waals surface area (Å²) in [6, 6.07) is 16.6. The molecule has 0 N–H and O–H groups in total. The third kappa shape index (κ3) is 3.48. The van der Waals surface area contributed by atoms with Crippen LogP contribution in [0.15, 0.2) is 66.0 Å². The molecular formula is C19H20N4. The molecule has 4 heteroatoms. The number of imidazole rings is 1. The van der Waals surface area contributed by atoms with Gasteiger partial charge < -0.3 is 4.90 Å². The van der Waals surface area contributed by atoms with Gasteiger partial charge in [-0.05, 0) is 24.6 Å². The van der Waals surface area contributed by atoms with Crippen LogP contribution in [-0.2, 0) is 0 Å². The minimum atomic E-state index is 0.839. The number of hydrogen-bond acceptors (Lipinski definition) is 3. The van der Waals surface area contributed by atoms with Gasteiger partial charge in [-0.15, -0.1) is 0 Å². The van der Waals surface area contributed by atoms with Crippen LogP contribution in [0.2, 0.25) is 0 Å². The lowest BCUT2D eigenvalue weighted by molar-refractivity contribution is 0.893. The third-order valence-electron chi connectivity index (χ3n) is 3.67. The predicted octanol–water partition coefficient (Wildman–Crippen LogP) is 3.81. The highest BCUT2D eigenvalue weighted by Gasteiger charge is 2.04. The minimum absolute atomic E-state index is 0.839. The Labute approximate surface area is 136 Å². The molecule has 23 heavy (non-hydrogen) atoms. The first-order valence-electron chi connectivity index (χ1n) is 7.55.